The summed E-state index contributed by atoms with van der Waals surface area (Å²) < 4.78 is 45.4. The summed E-state index contributed by atoms with van der Waals surface area (Å²) in [5, 5.41) is 8.13. The number of nitrogens with zero attached hydrogens (tertiary/aromatic N) is 6. The van der Waals surface area contributed by atoms with Gasteiger partial charge in [0, 0.05) is 24.4 Å². The van der Waals surface area contributed by atoms with Gasteiger partial charge < -0.3 is 14.2 Å². The Kier molecular flexibility index (Phi) is 8.12. The number of pyridine rings is 1. The molecule has 3 aromatic heterocycles. The molecule has 0 saturated heterocycles. The zero-order chi connectivity index (χ0) is 27.4. The molecule has 0 N–H and O–H groups in total. The lowest BCUT2D eigenvalue weighted by Crippen LogP contribution is -2.27. The Morgan fingerprint density at radius 1 is 0.921 bits per heavy atom. The van der Waals surface area contributed by atoms with Crippen LogP contribution in [-0.4, -0.2) is 64.7 Å². The van der Waals surface area contributed by atoms with Crippen LogP contribution in [0.4, 0.5) is 0 Å². The first-order valence-electron chi connectivity index (χ1n) is 11.6. The number of hydrogen-bond donors (Lipinski definition) is 0. The lowest BCUT2D eigenvalue weighted by atomic mass is 10.1. The van der Waals surface area contributed by atoms with Crippen LogP contribution in [-0.2, 0) is 15.6 Å². The van der Waals surface area contributed by atoms with Crippen molar-refractivity contribution in [3.05, 3.63) is 65.5 Å². The molecule has 0 saturated carbocycles. The molecular weight excluding hydrogens is 532 g/mol. The van der Waals surface area contributed by atoms with E-state index in [-0.39, 0.29) is 5.82 Å². The number of aromatic nitrogens is 6. The normalized spacial score (nSPS) is 13.1. The molecule has 0 radical (unpaired) electrons. The van der Waals surface area contributed by atoms with Gasteiger partial charge in [0.15, 0.2) is 21.5 Å². The van der Waals surface area contributed by atoms with E-state index in [1.54, 1.807) is 54.8 Å². The Balaban J connectivity index is 1.84. The van der Waals surface area contributed by atoms with Gasteiger partial charge in [0.25, 0.3) is 0 Å². The van der Waals surface area contributed by atoms with Crippen LogP contribution in [0, 0.1) is 0 Å². The zero-order valence-electron chi connectivity index (χ0n) is 21.5. The average molecular weight is 559 g/mol. The van der Waals surface area contributed by atoms with Gasteiger partial charge in [0.1, 0.15) is 34.5 Å². The minimum Gasteiger partial charge on any atom is -0.494 e. The predicted molar refractivity (Wildman–Crippen MR) is 142 cm³/mol. The number of methoxy groups -OCH3 is 3. The van der Waals surface area contributed by atoms with Gasteiger partial charge in [-0.25, -0.2) is 23.4 Å². The van der Waals surface area contributed by atoms with Crippen molar-refractivity contribution in [3.8, 4) is 34.6 Å². The number of hydrogen-bond acceptors (Lipinski definition) is 10. The Hall–Kier alpha value is -3.77. The van der Waals surface area contributed by atoms with E-state index in [1.807, 2.05) is 0 Å². The molecule has 0 aliphatic heterocycles. The van der Waals surface area contributed by atoms with Crippen LogP contribution < -0.4 is 14.2 Å². The molecule has 38 heavy (non-hydrogen) atoms. The SMILES string of the molecule is COc1cccc(-c2nnc(CS(=O)(=O)[C@@H](C)[C@H](C)c3ncc(Cl)cn3)n2-c2c(OC)cccc2OC)n1. The van der Waals surface area contributed by atoms with Crippen LogP contribution in [0.25, 0.3) is 17.2 Å². The van der Waals surface area contributed by atoms with Gasteiger partial charge >= 0.3 is 0 Å². The molecule has 0 aliphatic carbocycles. The van der Waals surface area contributed by atoms with E-state index in [0.717, 1.165) is 0 Å². The summed E-state index contributed by atoms with van der Waals surface area (Å²) in [4.78, 5) is 12.9. The first kappa shape index (κ1) is 27.3. The summed E-state index contributed by atoms with van der Waals surface area (Å²) in [5.41, 5.74) is 0.860. The maximum atomic E-state index is 13.7. The molecule has 13 heteroatoms. The fourth-order valence-corrected chi connectivity index (χ4v) is 5.56. The maximum Gasteiger partial charge on any atom is 0.213 e. The molecule has 0 unspecified atom stereocenters. The molecule has 11 nitrogen and oxygen atoms in total. The zero-order valence-corrected chi connectivity index (χ0v) is 23.1. The van der Waals surface area contributed by atoms with Gasteiger partial charge in [0.05, 0.1) is 31.6 Å². The molecule has 1 aromatic carbocycles. The highest BCUT2D eigenvalue weighted by atomic mass is 35.5. The number of ether oxygens (including phenoxy) is 3. The lowest BCUT2D eigenvalue weighted by Gasteiger charge is -2.20. The van der Waals surface area contributed by atoms with Crippen molar-refractivity contribution in [2.75, 3.05) is 21.3 Å². The van der Waals surface area contributed by atoms with Gasteiger partial charge in [0.2, 0.25) is 5.88 Å². The van der Waals surface area contributed by atoms with E-state index in [1.165, 1.54) is 33.7 Å². The van der Waals surface area contributed by atoms with Gasteiger partial charge in [-0.3, -0.25) is 4.57 Å². The van der Waals surface area contributed by atoms with Crippen molar-refractivity contribution in [3.63, 3.8) is 0 Å². The first-order valence-corrected chi connectivity index (χ1v) is 13.7. The molecule has 4 aromatic rings. The smallest absolute Gasteiger partial charge is 0.213 e. The van der Waals surface area contributed by atoms with Crippen LogP contribution in [0.15, 0.2) is 48.8 Å². The van der Waals surface area contributed by atoms with Gasteiger partial charge in [-0.2, -0.15) is 0 Å². The predicted octanol–water partition coefficient (Wildman–Crippen LogP) is 3.91. The molecule has 4 rings (SSSR count). The van der Waals surface area contributed by atoms with E-state index >= 15 is 0 Å². The topological polar surface area (TPSA) is 131 Å². The largest absolute Gasteiger partial charge is 0.494 e. The fraction of sp³-hybridized carbons (Fsp3) is 0.320. The minimum absolute atomic E-state index is 0.156. The van der Waals surface area contributed by atoms with Crippen molar-refractivity contribution in [1.29, 1.82) is 0 Å². The standard InChI is InChI=1S/C25H27ClN6O5S/c1-15(24-27-12-17(26)13-28-24)16(2)38(33,34)14-21-30-31-25(18-8-6-11-22(29-18)37-5)32(21)23-19(35-3)9-7-10-20(23)36-4/h6-13,15-16H,14H2,1-5H3/t15-,16-/m0/s1. The highest BCUT2D eigenvalue weighted by Crippen LogP contribution is 2.37. The summed E-state index contributed by atoms with van der Waals surface area (Å²) in [5.74, 6) is 1.12. The summed E-state index contributed by atoms with van der Waals surface area (Å²) in [6.07, 6.45) is 2.88. The molecule has 0 spiro atoms. The third kappa shape index (κ3) is 5.41. The molecular formula is C25H27ClN6O5S. The number of rotatable bonds is 10. The Morgan fingerprint density at radius 2 is 1.55 bits per heavy atom. The van der Waals surface area contributed by atoms with Gasteiger partial charge in [-0.1, -0.05) is 30.7 Å². The second kappa shape index (κ2) is 11.3. The molecule has 2 atom stereocenters. The summed E-state index contributed by atoms with van der Waals surface area (Å²) in [6, 6.07) is 10.4. The van der Waals surface area contributed by atoms with Crippen molar-refractivity contribution >= 4 is 21.4 Å². The van der Waals surface area contributed by atoms with Crippen molar-refractivity contribution in [2.24, 2.45) is 0 Å². The molecule has 0 fully saturated rings. The molecule has 3 heterocycles. The van der Waals surface area contributed by atoms with Crippen molar-refractivity contribution < 1.29 is 22.6 Å². The van der Waals surface area contributed by atoms with Crippen LogP contribution in [0.2, 0.25) is 5.02 Å². The van der Waals surface area contributed by atoms with Crippen LogP contribution in [0.3, 0.4) is 0 Å². The van der Waals surface area contributed by atoms with E-state index < -0.39 is 26.8 Å². The summed E-state index contributed by atoms with van der Waals surface area (Å²) in [7, 11) is 0.744. The highest BCUT2D eigenvalue weighted by molar-refractivity contribution is 7.91. The molecule has 0 bridgehead atoms. The van der Waals surface area contributed by atoms with E-state index in [2.05, 4.69) is 25.1 Å². The number of para-hydroxylation sites is 1. The first-order chi connectivity index (χ1) is 18.2. The van der Waals surface area contributed by atoms with E-state index in [9.17, 15) is 8.42 Å². The van der Waals surface area contributed by atoms with Gasteiger partial charge in [-0.05, 0) is 25.1 Å². The van der Waals surface area contributed by atoms with Crippen LogP contribution >= 0.6 is 11.6 Å². The average Bonchev–Trinajstić information content (AvgIpc) is 3.34. The Bertz CT molecular complexity index is 1510. The monoisotopic (exact) mass is 558 g/mol. The van der Waals surface area contributed by atoms with Crippen LogP contribution in [0.1, 0.15) is 31.4 Å². The van der Waals surface area contributed by atoms with E-state index in [0.29, 0.717) is 45.4 Å². The second-order valence-corrected chi connectivity index (χ2v) is 11.2. The molecule has 0 amide bonds. The van der Waals surface area contributed by atoms with Crippen molar-refractivity contribution in [2.45, 2.75) is 30.8 Å². The number of benzene rings is 1. The number of sulfone groups is 1. The number of halogens is 1. The fourth-order valence-electron chi connectivity index (χ4n) is 3.91. The third-order valence-corrected chi connectivity index (χ3v) is 8.56. The van der Waals surface area contributed by atoms with E-state index in [4.69, 9.17) is 25.8 Å². The van der Waals surface area contributed by atoms with Crippen molar-refractivity contribution in [1.82, 2.24) is 29.7 Å². The third-order valence-electron chi connectivity index (χ3n) is 6.17. The highest BCUT2D eigenvalue weighted by Gasteiger charge is 2.33. The van der Waals surface area contributed by atoms with Crippen LogP contribution in [0.5, 0.6) is 17.4 Å². The summed E-state index contributed by atoms with van der Waals surface area (Å²) >= 11 is 5.90. The second-order valence-electron chi connectivity index (χ2n) is 8.41. The summed E-state index contributed by atoms with van der Waals surface area (Å²) in [6.45, 7) is 3.37. The Labute approximate surface area is 225 Å². The Morgan fingerprint density at radius 3 is 2.16 bits per heavy atom. The van der Waals surface area contributed by atoms with Gasteiger partial charge in [-0.15, -0.1) is 10.2 Å². The lowest BCUT2D eigenvalue weighted by molar-refractivity contribution is 0.390. The quantitative estimate of drug-likeness (QED) is 0.282. The molecule has 200 valence electrons. The maximum absolute atomic E-state index is 13.7. The molecule has 0 aliphatic rings. The minimum atomic E-state index is -3.79.